The molecule has 3 heteroatoms. The summed E-state index contributed by atoms with van der Waals surface area (Å²) in [5, 5.41) is 2.13. The molecule has 1 nitrogen and oxygen atoms in total. The summed E-state index contributed by atoms with van der Waals surface area (Å²) in [7, 11) is 0. The molecule has 1 fully saturated rings. The molecule has 0 spiro atoms. The number of rotatable bonds is 2. The standard InChI is InChI=1S/C10H13BrOS/c11-10(9-4-2-6-13-9)8-3-1-5-12-7-8/h2,4,6,8,10H,1,3,5,7H2. The van der Waals surface area contributed by atoms with Gasteiger partial charge in [-0.25, -0.2) is 0 Å². The summed E-state index contributed by atoms with van der Waals surface area (Å²) in [5.41, 5.74) is 0. The van der Waals surface area contributed by atoms with Crippen molar-refractivity contribution in [3.63, 3.8) is 0 Å². The molecule has 0 N–H and O–H groups in total. The Kier molecular flexibility index (Phi) is 3.41. The number of halogens is 1. The van der Waals surface area contributed by atoms with Crippen LogP contribution < -0.4 is 0 Å². The van der Waals surface area contributed by atoms with Crippen LogP contribution in [0.2, 0.25) is 0 Å². The molecule has 0 bridgehead atoms. The van der Waals surface area contributed by atoms with E-state index < -0.39 is 0 Å². The van der Waals surface area contributed by atoms with Crippen LogP contribution >= 0.6 is 27.3 Å². The molecule has 0 radical (unpaired) electrons. The fourth-order valence-corrected chi connectivity index (χ4v) is 3.36. The van der Waals surface area contributed by atoms with E-state index in [1.165, 1.54) is 17.7 Å². The topological polar surface area (TPSA) is 9.23 Å². The molecule has 2 atom stereocenters. The number of hydrogen-bond donors (Lipinski definition) is 0. The lowest BCUT2D eigenvalue weighted by Gasteiger charge is -2.25. The van der Waals surface area contributed by atoms with Gasteiger partial charge in [-0.15, -0.1) is 11.3 Å². The molecule has 1 aromatic rings. The predicted molar refractivity (Wildman–Crippen MR) is 59.5 cm³/mol. The van der Waals surface area contributed by atoms with Gasteiger partial charge in [0.25, 0.3) is 0 Å². The van der Waals surface area contributed by atoms with Crippen LogP contribution in [0.5, 0.6) is 0 Å². The van der Waals surface area contributed by atoms with E-state index in [2.05, 4.69) is 33.4 Å². The van der Waals surface area contributed by atoms with E-state index in [0.29, 0.717) is 10.7 Å². The van der Waals surface area contributed by atoms with E-state index in [0.717, 1.165) is 13.2 Å². The second-order valence-corrected chi connectivity index (χ2v) is 5.36. The summed E-state index contributed by atoms with van der Waals surface area (Å²) in [4.78, 5) is 1.92. The molecule has 1 aliphatic rings. The van der Waals surface area contributed by atoms with Crippen molar-refractivity contribution in [1.29, 1.82) is 0 Å². The first-order valence-electron chi connectivity index (χ1n) is 4.63. The lowest BCUT2D eigenvalue weighted by atomic mass is 9.98. The van der Waals surface area contributed by atoms with Crippen LogP contribution in [-0.2, 0) is 4.74 Å². The number of hydrogen-bond acceptors (Lipinski definition) is 2. The fraction of sp³-hybridized carbons (Fsp3) is 0.600. The van der Waals surface area contributed by atoms with Gasteiger partial charge in [0, 0.05) is 11.5 Å². The molecule has 1 aromatic heterocycles. The Hall–Kier alpha value is 0.140. The number of alkyl halides is 1. The Bertz CT molecular complexity index is 241. The van der Waals surface area contributed by atoms with Crippen molar-refractivity contribution in [2.75, 3.05) is 13.2 Å². The van der Waals surface area contributed by atoms with Gasteiger partial charge in [0.2, 0.25) is 0 Å². The van der Waals surface area contributed by atoms with Crippen molar-refractivity contribution >= 4 is 27.3 Å². The van der Waals surface area contributed by atoms with Crippen LogP contribution in [0.1, 0.15) is 22.5 Å². The lowest BCUT2D eigenvalue weighted by molar-refractivity contribution is 0.0549. The molecular formula is C10H13BrOS. The quantitative estimate of drug-likeness (QED) is 0.739. The highest BCUT2D eigenvalue weighted by Gasteiger charge is 2.23. The predicted octanol–water partition coefficient (Wildman–Crippen LogP) is 3.61. The van der Waals surface area contributed by atoms with Gasteiger partial charge in [-0.05, 0) is 30.2 Å². The molecule has 2 rings (SSSR count). The zero-order valence-corrected chi connectivity index (χ0v) is 9.81. The molecule has 0 amide bonds. The monoisotopic (exact) mass is 260 g/mol. The minimum atomic E-state index is 0.493. The maximum Gasteiger partial charge on any atom is 0.0539 e. The molecule has 72 valence electrons. The van der Waals surface area contributed by atoms with Crippen LogP contribution in [0.3, 0.4) is 0 Å². The third-order valence-corrected chi connectivity index (χ3v) is 4.92. The molecule has 2 unspecified atom stereocenters. The van der Waals surface area contributed by atoms with E-state index in [4.69, 9.17) is 4.74 Å². The molecule has 1 aliphatic heterocycles. The second kappa shape index (κ2) is 4.58. The van der Waals surface area contributed by atoms with Gasteiger partial charge in [0.05, 0.1) is 11.4 Å². The van der Waals surface area contributed by atoms with Crippen LogP contribution in [0, 0.1) is 5.92 Å². The highest BCUT2D eigenvalue weighted by Crippen LogP contribution is 2.37. The average molecular weight is 261 g/mol. The second-order valence-electron chi connectivity index (χ2n) is 3.39. The Balaban J connectivity index is 1.99. The highest BCUT2D eigenvalue weighted by atomic mass is 79.9. The average Bonchev–Trinajstić information content (AvgIpc) is 2.71. The zero-order valence-electron chi connectivity index (χ0n) is 7.41. The summed E-state index contributed by atoms with van der Waals surface area (Å²) < 4.78 is 5.48. The van der Waals surface area contributed by atoms with Gasteiger partial charge in [0.1, 0.15) is 0 Å². The van der Waals surface area contributed by atoms with E-state index in [-0.39, 0.29) is 0 Å². The fourth-order valence-electron chi connectivity index (χ4n) is 1.68. The minimum Gasteiger partial charge on any atom is -0.381 e. The maximum absolute atomic E-state index is 5.48. The van der Waals surface area contributed by atoms with E-state index in [1.807, 2.05) is 11.3 Å². The first kappa shape index (κ1) is 9.69. The molecule has 2 heterocycles. The number of thiophene rings is 1. The maximum atomic E-state index is 5.48. The molecule has 0 aromatic carbocycles. The van der Waals surface area contributed by atoms with Gasteiger partial charge < -0.3 is 4.74 Å². The Morgan fingerprint density at radius 2 is 2.54 bits per heavy atom. The van der Waals surface area contributed by atoms with Crippen LogP contribution in [0.25, 0.3) is 0 Å². The van der Waals surface area contributed by atoms with Crippen LogP contribution in [-0.4, -0.2) is 13.2 Å². The SMILES string of the molecule is BrC(c1cccs1)C1CCCOC1. The van der Waals surface area contributed by atoms with Gasteiger partial charge >= 0.3 is 0 Å². The van der Waals surface area contributed by atoms with Gasteiger partial charge in [-0.2, -0.15) is 0 Å². The van der Waals surface area contributed by atoms with E-state index in [9.17, 15) is 0 Å². The highest BCUT2D eigenvalue weighted by molar-refractivity contribution is 9.09. The van der Waals surface area contributed by atoms with Gasteiger partial charge in [-0.1, -0.05) is 22.0 Å². The normalized spacial score (nSPS) is 25.8. The molecule has 13 heavy (non-hydrogen) atoms. The third-order valence-electron chi connectivity index (χ3n) is 2.42. The lowest BCUT2D eigenvalue weighted by Crippen LogP contribution is -2.20. The van der Waals surface area contributed by atoms with Gasteiger partial charge in [-0.3, -0.25) is 0 Å². The van der Waals surface area contributed by atoms with Crippen molar-refractivity contribution in [2.24, 2.45) is 5.92 Å². The number of ether oxygens (including phenoxy) is 1. The van der Waals surface area contributed by atoms with Crippen molar-refractivity contribution in [1.82, 2.24) is 0 Å². The molecule has 1 saturated heterocycles. The van der Waals surface area contributed by atoms with E-state index in [1.54, 1.807) is 0 Å². The zero-order chi connectivity index (χ0) is 9.10. The van der Waals surface area contributed by atoms with Crippen molar-refractivity contribution < 1.29 is 4.74 Å². The first-order valence-corrected chi connectivity index (χ1v) is 6.42. The Labute approximate surface area is 91.2 Å². The summed E-state index contributed by atoms with van der Waals surface area (Å²) in [5.74, 6) is 0.660. The summed E-state index contributed by atoms with van der Waals surface area (Å²) in [6, 6.07) is 4.30. The Morgan fingerprint density at radius 3 is 3.15 bits per heavy atom. The van der Waals surface area contributed by atoms with Crippen molar-refractivity contribution in [2.45, 2.75) is 17.7 Å². The third kappa shape index (κ3) is 2.33. The minimum absolute atomic E-state index is 0.493. The summed E-state index contributed by atoms with van der Waals surface area (Å²) in [6.45, 7) is 1.86. The molecular weight excluding hydrogens is 248 g/mol. The molecule has 0 aliphatic carbocycles. The van der Waals surface area contributed by atoms with Crippen LogP contribution in [0.15, 0.2) is 17.5 Å². The summed E-state index contributed by atoms with van der Waals surface area (Å²) in [6.07, 6.45) is 2.49. The summed E-state index contributed by atoms with van der Waals surface area (Å²) >= 11 is 5.58. The molecule has 0 saturated carbocycles. The van der Waals surface area contributed by atoms with E-state index >= 15 is 0 Å². The Morgan fingerprint density at radius 1 is 1.62 bits per heavy atom. The van der Waals surface area contributed by atoms with Crippen molar-refractivity contribution in [3.8, 4) is 0 Å². The smallest absolute Gasteiger partial charge is 0.0539 e. The van der Waals surface area contributed by atoms with Gasteiger partial charge in [0.15, 0.2) is 0 Å². The largest absolute Gasteiger partial charge is 0.381 e. The first-order chi connectivity index (χ1) is 6.38. The van der Waals surface area contributed by atoms with Crippen LogP contribution in [0.4, 0.5) is 0 Å². The van der Waals surface area contributed by atoms with Crippen molar-refractivity contribution in [3.05, 3.63) is 22.4 Å².